The van der Waals surface area contributed by atoms with E-state index in [9.17, 15) is 5.11 Å². The molecular weight excluding hydrogens is 174 g/mol. The van der Waals surface area contributed by atoms with Gasteiger partial charge in [-0.05, 0) is 45.7 Å². The third-order valence-corrected chi connectivity index (χ3v) is 3.10. The van der Waals surface area contributed by atoms with Crippen molar-refractivity contribution in [3.63, 3.8) is 0 Å². The Balaban J connectivity index is 2.35. The van der Waals surface area contributed by atoms with E-state index in [1.807, 2.05) is 0 Å². The first-order chi connectivity index (χ1) is 6.66. The standard InChI is InChI=1S/C12H21NO/c1-3-4-5-7-12(14)8-6-10-13(2)11-9-12/h1,14H,4-11H2,2H3. The van der Waals surface area contributed by atoms with Gasteiger partial charge in [-0.2, -0.15) is 0 Å². The predicted molar refractivity (Wildman–Crippen MR) is 59.0 cm³/mol. The Morgan fingerprint density at radius 2 is 2.21 bits per heavy atom. The van der Waals surface area contributed by atoms with E-state index in [0.29, 0.717) is 0 Å². The summed E-state index contributed by atoms with van der Waals surface area (Å²) >= 11 is 0. The summed E-state index contributed by atoms with van der Waals surface area (Å²) in [5.74, 6) is 2.63. The minimum absolute atomic E-state index is 0.443. The van der Waals surface area contributed by atoms with E-state index in [-0.39, 0.29) is 0 Å². The summed E-state index contributed by atoms with van der Waals surface area (Å²) in [6.45, 7) is 2.12. The van der Waals surface area contributed by atoms with Crippen LogP contribution in [0.25, 0.3) is 0 Å². The van der Waals surface area contributed by atoms with E-state index < -0.39 is 5.60 Å². The van der Waals surface area contributed by atoms with Crippen molar-refractivity contribution < 1.29 is 5.11 Å². The lowest BCUT2D eigenvalue weighted by Crippen LogP contribution is -2.30. The third kappa shape index (κ3) is 3.69. The van der Waals surface area contributed by atoms with Crippen LogP contribution in [0.1, 0.15) is 38.5 Å². The van der Waals surface area contributed by atoms with Crippen LogP contribution >= 0.6 is 0 Å². The van der Waals surface area contributed by atoms with Crippen LogP contribution in [0.4, 0.5) is 0 Å². The lowest BCUT2D eigenvalue weighted by Gasteiger charge is -2.26. The smallest absolute Gasteiger partial charge is 0.0660 e. The lowest BCUT2D eigenvalue weighted by atomic mass is 9.89. The Kier molecular flexibility index (Phi) is 4.44. The van der Waals surface area contributed by atoms with E-state index in [1.54, 1.807) is 0 Å². The van der Waals surface area contributed by atoms with Gasteiger partial charge in [0, 0.05) is 13.0 Å². The Labute approximate surface area is 87.3 Å². The van der Waals surface area contributed by atoms with Crippen LogP contribution in [0.5, 0.6) is 0 Å². The molecule has 0 amide bonds. The SMILES string of the molecule is C#CCCCC1(O)CCCN(C)CC1. The summed E-state index contributed by atoms with van der Waals surface area (Å²) in [7, 11) is 2.12. The van der Waals surface area contributed by atoms with Gasteiger partial charge in [0.25, 0.3) is 0 Å². The summed E-state index contributed by atoms with van der Waals surface area (Å²) in [6.07, 6.45) is 10.7. The molecule has 2 nitrogen and oxygen atoms in total. The molecule has 1 aliphatic heterocycles. The zero-order chi connectivity index (χ0) is 10.4. The Hall–Kier alpha value is -0.520. The van der Waals surface area contributed by atoms with Crippen molar-refractivity contribution in [2.75, 3.05) is 20.1 Å². The van der Waals surface area contributed by atoms with Gasteiger partial charge in [0.05, 0.1) is 5.60 Å². The fourth-order valence-corrected chi connectivity index (χ4v) is 2.08. The van der Waals surface area contributed by atoms with Crippen molar-refractivity contribution in [2.45, 2.75) is 44.1 Å². The maximum Gasteiger partial charge on any atom is 0.0660 e. The molecule has 80 valence electrons. The maximum atomic E-state index is 10.3. The average Bonchev–Trinajstić information content (AvgIpc) is 2.30. The quantitative estimate of drug-likeness (QED) is 0.546. The molecule has 1 heterocycles. The fourth-order valence-electron chi connectivity index (χ4n) is 2.08. The van der Waals surface area contributed by atoms with Crippen molar-refractivity contribution in [3.05, 3.63) is 0 Å². The van der Waals surface area contributed by atoms with E-state index in [4.69, 9.17) is 6.42 Å². The zero-order valence-corrected chi connectivity index (χ0v) is 9.13. The van der Waals surface area contributed by atoms with Crippen LogP contribution in [0.3, 0.4) is 0 Å². The normalized spacial score (nSPS) is 29.5. The van der Waals surface area contributed by atoms with Gasteiger partial charge < -0.3 is 10.0 Å². The third-order valence-electron chi connectivity index (χ3n) is 3.10. The maximum absolute atomic E-state index is 10.3. The molecule has 0 spiro atoms. The molecule has 1 rings (SSSR count). The second kappa shape index (κ2) is 5.38. The van der Waals surface area contributed by atoms with E-state index in [2.05, 4.69) is 17.9 Å². The lowest BCUT2D eigenvalue weighted by molar-refractivity contribution is 0.0160. The van der Waals surface area contributed by atoms with Crippen LogP contribution in [-0.4, -0.2) is 35.7 Å². The molecule has 1 saturated heterocycles. The summed E-state index contributed by atoms with van der Waals surface area (Å²) in [5.41, 5.74) is -0.443. The van der Waals surface area contributed by atoms with Crippen molar-refractivity contribution in [1.82, 2.24) is 4.90 Å². The number of hydrogen-bond acceptors (Lipinski definition) is 2. The van der Waals surface area contributed by atoms with E-state index in [0.717, 1.165) is 51.6 Å². The molecule has 14 heavy (non-hydrogen) atoms. The highest BCUT2D eigenvalue weighted by molar-refractivity contribution is 4.87. The van der Waals surface area contributed by atoms with E-state index in [1.165, 1.54) is 0 Å². The average molecular weight is 195 g/mol. The van der Waals surface area contributed by atoms with Gasteiger partial charge in [0.1, 0.15) is 0 Å². The van der Waals surface area contributed by atoms with Gasteiger partial charge in [-0.15, -0.1) is 12.3 Å². The first kappa shape index (κ1) is 11.6. The molecule has 0 aromatic rings. The Morgan fingerprint density at radius 1 is 1.43 bits per heavy atom. The molecule has 0 aliphatic carbocycles. The molecular formula is C12H21NO. The number of likely N-dealkylation sites (tertiary alicyclic amines) is 1. The summed E-state index contributed by atoms with van der Waals surface area (Å²) in [5, 5.41) is 10.3. The van der Waals surface area contributed by atoms with Gasteiger partial charge in [-0.1, -0.05) is 0 Å². The molecule has 0 saturated carbocycles. The molecule has 1 aliphatic rings. The summed E-state index contributed by atoms with van der Waals surface area (Å²) in [4.78, 5) is 2.29. The Morgan fingerprint density at radius 3 is 2.93 bits per heavy atom. The van der Waals surface area contributed by atoms with Gasteiger partial charge in [0.15, 0.2) is 0 Å². The minimum Gasteiger partial charge on any atom is -0.390 e. The zero-order valence-electron chi connectivity index (χ0n) is 9.13. The highest BCUT2D eigenvalue weighted by atomic mass is 16.3. The van der Waals surface area contributed by atoms with Gasteiger partial charge in [-0.25, -0.2) is 0 Å². The minimum atomic E-state index is -0.443. The fraction of sp³-hybridized carbons (Fsp3) is 0.833. The van der Waals surface area contributed by atoms with Crippen molar-refractivity contribution in [1.29, 1.82) is 0 Å². The van der Waals surface area contributed by atoms with E-state index >= 15 is 0 Å². The first-order valence-electron chi connectivity index (χ1n) is 5.51. The second-order valence-electron chi connectivity index (χ2n) is 4.44. The van der Waals surface area contributed by atoms with Gasteiger partial charge in [0.2, 0.25) is 0 Å². The second-order valence-corrected chi connectivity index (χ2v) is 4.44. The van der Waals surface area contributed by atoms with Crippen LogP contribution in [0.2, 0.25) is 0 Å². The molecule has 1 atom stereocenters. The first-order valence-corrected chi connectivity index (χ1v) is 5.51. The van der Waals surface area contributed by atoms with Crippen LogP contribution in [0.15, 0.2) is 0 Å². The molecule has 1 unspecified atom stereocenters. The van der Waals surface area contributed by atoms with Gasteiger partial charge in [-0.3, -0.25) is 0 Å². The summed E-state index contributed by atoms with van der Waals surface area (Å²) < 4.78 is 0. The van der Waals surface area contributed by atoms with Gasteiger partial charge >= 0.3 is 0 Å². The topological polar surface area (TPSA) is 23.5 Å². The molecule has 2 heteroatoms. The van der Waals surface area contributed by atoms with Crippen LogP contribution in [0, 0.1) is 12.3 Å². The van der Waals surface area contributed by atoms with Crippen molar-refractivity contribution >= 4 is 0 Å². The molecule has 1 N–H and O–H groups in total. The van der Waals surface area contributed by atoms with Crippen LogP contribution in [-0.2, 0) is 0 Å². The highest BCUT2D eigenvalue weighted by Gasteiger charge is 2.28. The predicted octanol–water partition coefficient (Wildman–Crippen LogP) is 1.64. The molecule has 0 radical (unpaired) electrons. The summed E-state index contributed by atoms with van der Waals surface area (Å²) in [6, 6.07) is 0. The molecule has 1 fully saturated rings. The highest BCUT2D eigenvalue weighted by Crippen LogP contribution is 2.26. The largest absolute Gasteiger partial charge is 0.390 e. The Bertz CT molecular complexity index is 209. The molecule has 0 bridgehead atoms. The number of nitrogens with zero attached hydrogens (tertiary/aromatic N) is 1. The molecule has 0 aromatic heterocycles. The molecule has 0 aromatic carbocycles. The number of terminal acetylenes is 1. The number of rotatable bonds is 3. The number of unbranched alkanes of at least 4 members (excludes halogenated alkanes) is 1. The number of hydrogen-bond donors (Lipinski definition) is 1. The van der Waals surface area contributed by atoms with Crippen molar-refractivity contribution in [2.24, 2.45) is 0 Å². The number of aliphatic hydroxyl groups is 1. The van der Waals surface area contributed by atoms with Crippen LogP contribution < -0.4 is 0 Å². The monoisotopic (exact) mass is 195 g/mol. The van der Waals surface area contributed by atoms with Crippen molar-refractivity contribution in [3.8, 4) is 12.3 Å².